The van der Waals surface area contributed by atoms with Crippen LogP contribution >= 0.6 is 0 Å². The van der Waals surface area contributed by atoms with E-state index in [0.717, 1.165) is 17.0 Å². The van der Waals surface area contributed by atoms with E-state index in [9.17, 15) is 4.79 Å². The van der Waals surface area contributed by atoms with Gasteiger partial charge >= 0.3 is 6.16 Å². The third-order valence-corrected chi connectivity index (χ3v) is 4.92. The lowest BCUT2D eigenvalue weighted by Gasteiger charge is -2.07. The number of hydrogen-bond acceptors (Lipinski definition) is 5. The average molecular weight is 418 g/mol. The van der Waals surface area contributed by atoms with Gasteiger partial charge in [-0.3, -0.25) is 0 Å². The fourth-order valence-corrected chi connectivity index (χ4v) is 3.23. The zero-order valence-corrected chi connectivity index (χ0v) is 17.0. The second kappa shape index (κ2) is 9.32. The van der Waals surface area contributed by atoms with E-state index in [1.54, 1.807) is 12.4 Å². The molecule has 0 amide bonds. The van der Waals surface area contributed by atoms with Crippen molar-refractivity contribution in [3.05, 3.63) is 95.8 Å². The van der Waals surface area contributed by atoms with Gasteiger partial charge in [0.05, 0.1) is 31.8 Å². The van der Waals surface area contributed by atoms with E-state index >= 15 is 0 Å². The number of aromatic nitrogens is 2. The Morgan fingerprint density at radius 2 is 1.74 bits per heavy atom. The maximum absolute atomic E-state index is 10.6. The Kier molecular flexibility index (Phi) is 6.14. The molecule has 2 aromatic carbocycles. The Balaban J connectivity index is 1.31. The van der Waals surface area contributed by atoms with E-state index < -0.39 is 6.16 Å². The SMILES string of the molecule is Cc1c(COCc2ccc(-c3ccccc3)cc2)ncn1Cc1ccc(OC(=O)O)o1. The molecule has 2 heterocycles. The molecule has 0 radical (unpaired) electrons. The van der Waals surface area contributed by atoms with Crippen LogP contribution in [0.1, 0.15) is 22.7 Å². The molecule has 2 aromatic heterocycles. The van der Waals surface area contributed by atoms with E-state index in [-0.39, 0.29) is 5.95 Å². The maximum Gasteiger partial charge on any atom is 0.513 e. The van der Waals surface area contributed by atoms with Crippen LogP contribution in [-0.4, -0.2) is 20.8 Å². The van der Waals surface area contributed by atoms with Gasteiger partial charge in [-0.25, -0.2) is 9.78 Å². The van der Waals surface area contributed by atoms with Gasteiger partial charge in [-0.05, 0) is 29.7 Å². The topological polar surface area (TPSA) is 86.7 Å². The molecule has 0 bridgehead atoms. The number of imidazole rings is 1. The fraction of sp³-hybridized carbons (Fsp3) is 0.167. The second-order valence-corrected chi connectivity index (χ2v) is 7.05. The highest BCUT2D eigenvalue weighted by molar-refractivity contribution is 5.63. The summed E-state index contributed by atoms with van der Waals surface area (Å²) in [5.74, 6) is 0.518. The summed E-state index contributed by atoms with van der Waals surface area (Å²) in [5.41, 5.74) is 5.26. The van der Waals surface area contributed by atoms with E-state index in [4.69, 9.17) is 14.3 Å². The smallest absolute Gasteiger partial charge is 0.449 e. The van der Waals surface area contributed by atoms with Gasteiger partial charge in [0.1, 0.15) is 5.76 Å². The molecule has 0 spiro atoms. The summed E-state index contributed by atoms with van der Waals surface area (Å²) < 4.78 is 17.6. The van der Waals surface area contributed by atoms with Gasteiger partial charge in [-0.15, -0.1) is 0 Å². The Hall–Kier alpha value is -3.84. The average Bonchev–Trinajstić information content (AvgIpc) is 3.36. The van der Waals surface area contributed by atoms with Gasteiger partial charge < -0.3 is 23.6 Å². The molecular weight excluding hydrogens is 396 g/mol. The lowest BCUT2D eigenvalue weighted by molar-refractivity contribution is 0.104. The molecule has 7 nitrogen and oxygen atoms in total. The summed E-state index contributed by atoms with van der Waals surface area (Å²) in [6.07, 6.45) is 0.303. The van der Waals surface area contributed by atoms with E-state index in [2.05, 4.69) is 46.1 Å². The summed E-state index contributed by atoms with van der Waals surface area (Å²) in [6, 6.07) is 21.7. The Labute approximate surface area is 179 Å². The number of nitrogens with zero attached hydrogens (tertiary/aromatic N) is 2. The first-order valence-corrected chi connectivity index (χ1v) is 9.80. The number of carboxylic acid groups (broad SMARTS) is 1. The van der Waals surface area contributed by atoms with Crippen LogP contribution in [-0.2, 0) is 24.5 Å². The Morgan fingerprint density at radius 1 is 1.00 bits per heavy atom. The van der Waals surface area contributed by atoms with Crippen LogP contribution in [0.15, 0.2) is 77.5 Å². The summed E-state index contributed by atoms with van der Waals surface area (Å²) in [4.78, 5) is 15.0. The highest BCUT2D eigenvalue weighted by Gasteiger charge is 2.11. The molecule has 0 fully saturated rings. The first-order chi connectivity index (χ1) is 15.1. The lowest BCUT2D eigenvalue weighted by atomic mass is 10.0. The first kappa shape index (κ1) is 20.4. The van der Waals surface area contributed by atoms with Gasteiger partial charge in [0.15, 0.2) is 0 Å². The minimum absolute atomic E-state index is 0.0536. The highest BCUT2D eigenvalue weighted by Crippen LogP contribution is 2.21. The van der Waals surface area contributed by atoms with Crippen LogP contribution in [0.5, 0.6) is 5.95 Å². The van der Waals surface area contributed by atoms with Crippen LogP contribution in [0, 0.1) is 6.92 Å². The third kappa shape index (κ3) is 5.21. The minimum atomic E-state index is -1.41. The quantitative estimate of drug-likeness (QED) is 0.392. The van der Waals surface area contributed by atoms with Crippen molar-refractivity contribution < 1.29 is 23.8 Å². The molecule has 31 heavy (non-hydrogen) atoms. The molecule has 7 heteroatoms. The summed E-state index contributed by atoms with van der Waals surface area (Å²) in [6.45, 7) is 3.26. The number of furan rings is 1. The van der Waals surface area contributed by atoms with Crippen molar-refractivity contribution in [2.75, 3.05) is 0 Å². The zero-order valence-electron chi connectivity index (χ0n) is 17.0. The highest BCUT2D eigenvalue weighted by atomic mass is 16.7. The molecule has 0 aliphatic carbocycles. The van der Waals surface area contributed by atoms with Crippen LogP contribution in [0.4, 0.5) is 4.79 Å². The van der Waals surface area contributed by atoms with Gasteiger partial charge in [0, 0.05) is 11.8 Å². The van der Waals surface area contributed by atoms with Crippen molar-refractivity contribution >= 4 is 6.16 Å². The normalized spacial score (nSPS) is 10.9. The number of benzene rings is 2. The maximum atomic E-state index is 10.6. The van der Waals surface area contributed by atoms with E-state index in [0.29, 0.717) is 25.5 Å². The van der Waals surface area contributed by atoms with Crippen LogP contribution in [0.3, 0.4) is 0 Å². The monoisotopic (exact) mass is 418 g/mol. The van der Waals surface area contributed by atoms with E-state index in [1.165, 1.54) is 17.2 Å². The molecular formula is C24H22N2O5. The largest absolute Gasteiger partial charge is 0.513 e. The molecule has 158 valence electrons. The summed E-state index contributed by atoms with van der Waals surface area (Å²) >= 11 is 0. The van der Waals surface area contributed by atoms with Crippen molar-refractivity contribution in [3.8, 4) is 17.1 Å². The number of carbonyl (C=O) groups is 1. The minimum Gasteiger partial charge on any atom is -0.449 e. The first-order valence-electron chi connectivity index (χ1n) is 9.80. The molecule has 0 atom stereocenters. The Morgan fingerprint density at radius 3 is 2.48 bits per heavy atom. The number of ether oxygens (including phenoxy) is 2. The van der Waals surface area contributed by atoms with Crippen molar-refractivity contribution in [2.24, 2.45) is 0 Å². The molecule has 4 aromatic rings. The Bertz CT molecular complexity index is 1150. The molecule has 4 rings (SSSR count). The molecule has 0 saturated carbocycles. The third-order valence-electron chi connectivity index (χ3n) is 4.92. The molecule has 0 aliphatic rings. The van der Waals surface area contributed by atoms with Crippen LogP contribution in [0.2, 0.25) is 0 Å². The van der Waals surface area contributed by atoms with Crippen molar-refractivity contribution in [1.29, 1.82) is 0 Å². The predicted molar refractivity (Wildman–Crippen MR) is 114 cm³/mol. The van der Waals surface area contributed by atoms with Crippen LogP contribution < -0.4 is 4.74 Å². The van der Waals surface area contributed by atoms with Gasteiger partial charge in [-0.1, -0.05) is 54.6 Å². The number of hydrogen-bond donors (Lipinski definition) is 1. The molecule has 0 aliphatic heterocycles. The number of rotatable bonds is 8. The van der Waals surface area contributed by atoms with Crippen molar-refractivity contribution in [3.63, 3.8) is 0 Å². The van der Waals surface area contributed by atoms with Crippen molar-refractivity contribution in [1.82, 2.24) is 9.55 Å². The second-order valence-electron chi connectivity index (χ2n) is 7.05. The van der Waals surface area contributed by atoms with Crippen molar-refractivity contribution in [2.45, 2.75) is 26.7 Å². The van der Waals surface area contributed by atoms with Gasteiger partial charge in [0.25, 0.3) is 5.95 Å². The summed E-state index contributed by atoms with van der Waals surface area (Å²) in [5, 5.41) is 8.63. The zero-order chi connectivity index (χ0) is 21.6. The van der Waals surface area contributed by atoms with Gasteiger partial charge in [-0.2, -0.15) is 0 Å². The summed E-state index contributed by atoms with van der Waals surface area (Å²) in [7, 11) is 0. The molecule has 1 N–H and O–H groups in total. The van der Waals surface area contributed by atoms with Gasteiger partial charge in [0.2, 0.25) is 0 Å². The predicted octanol–water partition coefficient (Wildman–Crippen LogP) is 5.27. The fourth-order valence-electron chi connectivity index (χ4n) is 3.23. The van der Waals surface area contributed by atoms with Crippen LogP contribution in [0.25, 0.3) is 11.1 Å². The standard InChI is InChI=1S/C24H22N2O5/c1-17-22(25-16-26(17)13-21-11-12-23(30-21)31-24(27)28)15-29-14-18-7-9-20(10-8-18)19-5-3-2-4-6-19/h2-12,16H,13-15H2,1H3,(H,27,28). The lowest BCUT2D eigenvalue weighted by Crippen LogP contribution is -2.03. The molecule has 0 unspecified atom stereocenters. The molecule has 0 saturated heterocycles. The van der Waals surface area contributed by atoms with E-state index in [1.807, 2.05) is 29.7 Å².